The monoisotopic (exact) mass is 446 g/mol. The van der Waals surface area contributed by atoms with Crippen molar-refractivity contribution in [3.05, 3.63) is 74.4 Å². The second kappa shape index (κ2) is 7.41. The van der Waals surface area contributed by atoms with Crippen LogP contribution in [-0.4, -0.2) is 15.2 Å². The molecule has 0 unspecified atom stereocenters. The van der Waals surface area contributed by atoms with Gasteiger partial charge in [0, 0.05) is 11.5 Å². The van der Waals surface area contributed by atoms with Gasteiger partial charge in [-0.15, -0.1) is 0 Å². The number of carbonyl (C=O) groups excluding carboxylic acids is 1. The van der Waals surface area contributed by atoms with Gasteiger partial charge >= 0.3 is 6.18 Å². The van der Waals surface area contributed by atoms with Gasteiger partial charge in [0.25, 0.3) is 5.91 Å². The molecule has 4 nitrogen and oxygen atoms in total. The largest absolute Gasteiger partial charge is 0.431 e. The Hall–Kier alpha value is -2.91. The highest BCUT2D eigenvalue weighted by molar-refractivity contribution is 8.26. The van der Waals surface area contributed by atoms with E-state index < -0.39 is 17.3 Å². The number of fused-ring (bicyclic) bond motifs is 1. The Morgan fingerprint density at radius 3 is 2.53 bits per heavy atom. The van der Waals surface area contributed by atoms with E-state index in [-0.39, 0.29) is 16.8 Å². The smallest absolute Gasteiger partial charge is 0.351 e. The number of aromatic amines is 1. The molecule has 2 aromatic carbocycles. The lowest BCUT2D eigenvalue weighted by molar-refractivity contribution is -0.141. The molecule has 1 fully saturated rings. The summed E-state index contributed by atoms with van der Waals surface area (Å²) < 4.78 is 39.6. The summed E-state index contributed by atoms with van der Waals surface area (Å²) in [6, 6.07) is 10.9. The minimum Gasteiger partial charge on any atom is -0.351 e. The number of benzene rings is 2. The molecular formula is C21H13F3N2O2S2. The molecule has 1 saturated heterocycles. The first-order valence-electron chi connectivity index (χ1n) is 8.72. The van der Waals surface area contributed by atoms with Gasteiger partial charge in [0.05, 0.1) is 10.4 Å². The van der Waals surface area contributed by atoms with E-state index in [0.29, 0.717) is 20.9 Å². The highest BCUT2D eigenvalue weighted by atomic mass is 32.2. The highest BCUT2D eigenvalue weighted by Gasteiger charge is 2.32. The predicted molar refractivity (Wildman–Crippen MR) is 116 cm³/mol. The van der Waals surface area contributed by atoms with Crippen LogP contribution >= 0.6 is 24.0 Å². The molecule has 2 N–H and O–H groups in total. The van der Waals surface area contributed by atoms with Crippen LogP contribution in [0.4, 0.5) is 13.2 Å². The Morgan fingerprint density at radius 1 is 1.10 bits per heavy atom. The van der Waals surface area contributed by atoms with Crippen molar-refractivity contribution in [3.8, 4) is 11.1 Å². The van der Waals surface area contributed by atoms with Crippen LogP contribution in [0.15, 0.2) is 52.2 Å². The second-order valence-corrected chi connectivity index (χ2v) is 8.45. The number of carbonyl (C=O) groups is 1. The van der Waals surface area contributed by atoms with Crippen LogP contribution in [0.1, 0.15) is 16.8 Å². The van der Waals surface area contributed by atoms with E-state index in [1.807, 2.05) is 18.2 Å². The Morgan fingerprint density at radius 2 is 1.87 bits per heavy atom. The summed E-state index contributed by atoms with van der Waals surface area (Å²) in [4.78, 5) is 26.8. The van der Waals surface area contributed by atoms with Crippen molar-refractivity contribution in [3.63, 3.8) is 0 Å². The number of nitrogens with one attached hydrogen (secondary N) is 2. The molecule has 2 heterocycles. The summed E-state index contributed by atoms with van der Waals surface area (Å²) in [6.07, 6.45) is -2.95. The van der Waals surface area contributed by atoms with Crippen molar-refractivity contribution in [1.29, 1.82) is 0 Å². The lowest BCUT2D eigenvalue weighted by Crippen LogP contribution is -2.17. The van der Waals surface area contributed by atoms with Crippen molar-refractivity contribution in [2.75, 3.05) is 0 Å². The third-order valence-electron chi connectivity index (χ3n) is 4.62. The number of thiocarbonyl (C=S) groups is 1. The van der Waals surface area contributed by atoms with Crippen LogP contribution in [0.5, 0.6) is 0 Å². The average Bonchev–Trinajstić information content (AvgIpc) is 2.98. The Bertz CT molecular complexity index is 1310. The maximum absolute atomic E-state index is 13.1. The molecule has 0 atom stereocenters. The Kier molecular flexibility index (Phi) is 5.03. The number of H-pyrrole nitrogens is 1. The third-order valence-corrected chi connectivity index (χ3v) is 5.78. The minimum atomic E-state index is -4.65. The Balaban J connectivity index is 1.82. The maximum Gasteiger partial charge on any atom is 0.431 e. The molecule has 4 rings (SSSR count). The first-order chi connectivity index (χ1) is 14.1. The van der Waals surface area contributed by atoms with Gasteiger partial charge in [-0.1, -0.05) is 42.2 Å². The van der Waals surface area contributed by atoms with E-state index in [1.54, 1.807) is 31.2 Å². The fourth-order valence-corrected chi connectivity index (χ4v) is 4.28. The van der Waals surface area contributed by atoms with Crippen molar-refractivity contribution in [2.45, 2.75) is 13.1 Å². The summed E-state index contributed by atoms with van der Waals surface area (Å²) in [7, 11) is 0. The number of aromatic nitrogens is 1. The summed E-state index contributed by atoms with van der Waals surface area (Å²) in [5, 5.41) is 2.74. The lowest BCUT2D eigenvalue weighted by atomic mass is 9.96. The fraction of sp³-hybridized carbons (Fsp3) is 0.0952. The molecule has 0 spiro atoms. The van der Waals surface area contributed by atoms with Gasteiger partial charge in [-0.05, 0) is 53.5 Å². The van der Waals surface area contributed by atoms with E-state index in [0.717, 1.165) is 16.7 Å². The highest BCUT2D eigenvalue weighted by Crippen LogP contribution is 2.32. The topological polar surface area (TPSA) is 62.0 Å². The first kappa shape index (κ1) is 20.4. The van der Waals surface area contributed by atoms with Gasteiger partial charge < -0.3 is 10.3 Å². The number of pyridine rings is 1. The maximum atomic E-state index is 13.1. The van der Waals surface area contributed by atoms with E-state index in [2.05, 4.69) is 10.3 Å². The third kappa shape index (κ3) is 3.90. The molecular weight excluding hydrogens is 433 g/mol. The standard InChI is InChI=1S/C21H13F3N2O2S2/c1-10-5-14-15(25-18(9-16(14)27)21(22,23)24)8-13(10)12-4-2-3-11(6-12)7-17-19(28)26-20(29)30-17/h2-9H,1H3,(H,25,27)(H,26,28,29). The van der Waals surface area contributed by atoms with Crippen LogP contribution in [0, 0.1) is 6.92 Å². The van der Waals surface area contributed by atoms with Crippen molar-refractivity contribution in [2.24, 2.45) is 0 Å². The van der Waals surface area contributed by atoms with Gasteiger partial charge in [0.1, 0.15) is 10.0 Å². The SMILES string of the molecule is Cc1cc2c(=O)cc(C(F)(F)F)[nH]c2cc1-c1cccc(C=C2SC(=S)NC2=O)c1. The van der Waals surface area contributed by atoms with Crippen molar-refractivity contribution >= 4 is 51.2 Å². The number of halogens is 3. The zero-order valence-electron chi connectivity index (χ0n) is 15.4. The summed E-state index contributed by atoms with van der Waals surface area (Å²) in [6.45, 7) is 1.79. The van der Waals surface area contributed by atoms with Crippen LogP contribution in [-0.2, 0) is 11.0 Å². The van der Waals surface area contributed by atoms with E-state index >= 15 is 0 Å². The van der Waals surface area contributed by atoms with E-state index in [4.69, 9.17) is 12.2 Å². The van der Waals surface area contributed by atoms with Gasteiger partial charge in [-0.25, -0.2) is 0 Å². The summed E-state index contributed by atoms with van der Waals surface area (Å²) >= 11 is 6.15. The van der Waals surface area contributed by atoms with E-state index in [1.165, 1.54) is 11.8 Å². The molecule has 152 valence electrons. The summed E-state index contributed by atoms with van der Waals surface area (Å²) in [5.74, 6) is -0.269. The second-order valence-electron chi connectivity index (χ2n) is 6.74. The molecule has 0 saturated carbocycles. The molecule has 3 aromatic rings. The number of rotatable bonds is 2. The van der Waals surface area contributed by atoms with Crippen LogP contribution in [0.3, 0.4) is 0 Å². The number of hydrogen-bond acceptors (Lipinski definition) is 4. The molecule has 1 amide bonds. The molecule has 0 radical (unpaired) electrons. The fourth-order valence-electron chi connectivity index (χ4n) is 3.24. The molecule has 0 bridgehead atoms. The zero-order valence-corrected chi connectivity index (χ0v) is 17.0. The number of hydrogen-bond donors (Lipinski definition) is 2. The molecule has 1 aliphatic rings. The summed E-state index contributed by atoms with van der Waals surface area (Å²) in [5.41, 5.74) is 1.23. The predicted octanol–water partition coefficient (Wildman–Crippen LogP) is 5.01. The quantitative estimate of drug-likeness (QED) is 0.429. The number of aryl methyl sites for hydroxylation is 1. The van der Waals surface area contributed by atoms with E-state index in [9.17, 15) is 22.8 Å². The normalized spacial score (nSPS) is 15.8. The molecule has 30 heavy (non-hydrogen) atoms. The van der Waals surface area contributed by atoms with Crippen molar-refractivity contribution < 1.29 is 18.0 Å². The minimum absolute atomic E-state index is 0.107. The molecule has 1 aromatic heterocycles. The van der Waals surface area contributed by atoms with Crippen molar-refractivity contribution in [1.82, 2.24) is 10.3 Å². The average molecular weight is 446 g/mol. The van der Waals surface area contributed by atoms with Gasteiger partial charge in [-0.2, -0.15) is 13.2 Å². The van der Waals surface area contributed by atoms with Gasteiger partial charge in [0.2, 0.25) is 0 Å². The van der Waals surface area contributed by atoms with Crippen LogP contribution in [0.2, 0.25) is 0 Å². The van der Waals surface area contributed by atoms with Gasteiger partial charge in [0.15, 0.2) is 5.43 Å². The number of thioether (sulfide) groups is 1. The first-order valence-corrected chi connectivity index (χ1v) is 9.94. The zero-order chi connectivity index (χ0) is 21.6. The van der Waals surface area contributed by atoms with Crippen LogP contribution in [0.25, 0.3) is 28.1 Å². The Labute approximate surface area is 178 Å². The lowest BCUT2D eigenvalue weighted by Gasteiger charge is -2.12. The molecule has 0 aliphatic carbocycles. The molecule has 9 heteroatoms. The molecule has 1 aliphatic heterocycles. The van der Waals surface area contributed by atoms with Gasteiger partial charge in [-0.3, -0.25) is 9.59 Å². The number of alkyl halides is 3. The van der Waals surface area contributed by atoms with Crippen LogP contribution < -0.4 is 10.7 Å². The number of amides is 1.